The van der Waals surface area contributed by atoms with Gasteiger partial charge < -0.3 is 15.2 Å². The van der Waals surface area contributed by atoms with E-state index >= 15 is 0 Å². The number of hydrogen-bond donors (Lipinski definition) is 2. The van der Waals surface area contributed by atoms with E-state index in [1.807, 2.05) is 12.1 Å². The van der Waals surface area contributed by atoms with Gasteiger partial charge in [-0.15, -0.1) is 0 Å². The Bertz CT molecular complexity index is 445. The van der Waals surface area contributed by atoms with Gasteiger partial charge in [-0.05, 0) is 62.3 Å². The second-order valence-corrected chi connectivity index (χ2v) is 5.93. The molecule has 0 aromatic heterocycles. The van der Waals surface area contributed by atoms with Crippen molar-refractivity contribution in [2.45, 2.75) is 51.5 Å². The third-order valence-electron chi connectivity index (χ3n) is 4.33. The van der Waals surface area contributed by atoms with Gasteiger partial charge in [0.05, 0.1) is 0 Å². The number of aromatic hydroxyl groups is 1. The average molecular weight is 277 g/mol. The Labute approximate surface area is 122 Å². The molecule has 0 radical (unpaired) electrons. The third kappa shape index (κ3) is 3.33. The molecular formula is C17H27NO2. The minimum absolute atomic E-state index is 0.308. The largest absolute Gasteiger partial charge is 0.508 e. The number of fused-ring (bicyclic) bond motifs is 1. The molecule has 0 amide bonds. The Morgan fingerprint density at radius 3 is 2.80 bits per heavy atom. The predicted molar refractivity (Wildman–Crippen MR) is 82.3 cm³/mol. The normalized spacial score (nSPS) is 21.1. The van der Waals surface area contributed by atoms with Gasteiger partial charge in [-0.1, -0.05) is 13.0 Å². The molecule has 0 aliphatic heterocycles. The fraction of sp³-hybridized carbons (Fsp3) is 0.647. The van der Waals surface area contributed by atoms with Crippen molar-refractivity contribution in [1.29, 1.82) is 0 Å². The Morgan fingerprint density at radius 2 is 2.05 bits per heavy atom. The highest BCUT2D eigenvalue weighted by Gasteiger charge is 2.31. The highest BCUT2D eigenvalue weighted by atomic mass is 16.5. The van der Waals surface area contributed by atoms with E-state index in [2.05, 4.69) is 19.2 Å². The molecular weight excluding hydrogens is 250 g/mol. The number of benzene rings is 1. The summed E-state index contributed by atoms with van der Waals surface area (Å²) in [6.45, 7) is 6.25. The molecule has 0 heterocycles. The molecule has 0 bridgehead atoms. The number of phenols is 1. The lowest BCUT2D eigenvalue weighted by Gasteiger charge is -2.15. The molecule has 3 heteroatoms. The molecule has 112 valence electrons. The molecule has 20 heavy (non-hydrogen) atoms. The zero-order valence-electron chi connectivity index (χ0n) is 12.9. The maximum Gasteiger partial charge on any atom is 0.120 e. The van der Waals surface area contributed by atoms with Crippen LogP contribution >= 0.6 is 0 Å². The number of ether oxygens (including phenoxy) is 1. The van der Waals surface area contributed by atoms with Gasteiger partial charge in [-0.2, -0.15) is 0 Å². The van der Waals surface area contributed by atoms with E-state index in [0.29, 0.717) is 17.7 Å². The molecule has 1 aliphatic carbocycles. The summed E-state index contributed by atoms with van der Waals surface area (Å²) in [7, 11) is 1.75. The van der Waals surface area contributed by atoms with Crippen molar-refractivity contribution >= 4 is 0 Å². The number of hydrogen-bond acceptors (Lipinski definition) is 3. The summed E-state index contributed by atoms with van der Waals surface area (Å²) < 4.78 is 5.06. The molecule has 2 atom stereocenters. The fourth-order valence-corrected chi connectivity index (χ4v) is 3.35. The van der Waals surface area contributed by atoms with Gasteiger partial charge in [0.2, 0.25) is 0 Å². The van der Waals surface area contributed by atoms with Gasteiger partial charge in [0, 0.05) is 25.3 Å². The second kappa shape index (κ2) is 7.09. The van der Waals surface area contributed by atoms with E-state index in [0.717, 1.165) is 38.0 Å². The van der Waals surface area contributed by atoms with E-state index in [9.17, 15) is 5.11 Å². The van der Waals surface area contributed by atoms with Crippen molar-refractivity contribution < 1.29 is 9.84 Å². The fourth-order valence-electron chi connectivity index (χ4n) is 3.35. The molecule has 2 rings (SSSR count). The average Bonchev–Trinajstić information content (AvgIpc) is 2.76. The monoisotopic (exact) mass is 277 g/mol. The Balaban J connectivity index is 1.91. The van der Waals surface area contributed by atoms with Gasteiger partial charge in [-0.3, -0.25) is 0 Å². The number of methoxy groups -OCH3 is 1. The van der Waals surface area contributed by atoms with Crippen LogP contribution in [0.25, 0.3) is 0 Å². The summed E-state index contributed by atoms with van der Waals surface area (Å²) in [5, 5.41) is 13.8. The quantitative estimate of drug-likeness (QED) is 0.747. The molecule has 2 unspecified atom stereocenters. The van der Waals surface area contributed by atoms with Crippen LogP contribution in [-0.4, -0.2) is 25.4 Å². The molecule has 3 nitrogen and oxygen atoms in total. The van der Waals surface area contributed by atoms with Crippen LogP contribution in [0.3, 0.4) is 0 Å². The lowest BCUT2D eigenvalue weighted by atomic mass is 9.97. The zero-order chi connectivity index (χ0) is 14.5. The molecule has 0 spiro atoms. The third-order valence-corrected chi connectivity index (χ3v) is 4.33. The number of aryl methyl sites for hydroxylation is 1. The van der Waals surface area contributed by atoms with Crippen molar-refractivity contribution in [3.05, 3.63) is 28.8 Å². The minimum Gasteiger partial charge on any atom is -0.508 e. The van der Waals surface area contributed by atoms with Crippen LogP contribution in [0.5, 0.6) is 5.75 Å². The summed E-state index contributed by atoms with van der Waals surface area (Å²) in [4.78, 5) is 0. The molecule has 1 aliphatic rings. The summed E-state index contributed by atoms with van der Waals surface area (Å²) in [5.74, 6) is 0.981. The summed E-state index contributed by atoms with van der Waals surface area (Å²) >= 11 is 0. The van der Waals surface area contributed by atoms with E-state index in [-0.39, 0.29) is 0 Å². The number of phenolic OH excluding ortho intramolecular Hbond substituents is 1. The Morgan fingerprint density at radius 1 is 1.25 bits per heavy atom. The van der Waals surface area contributed by atoms with Crippen LogP contribution in [0.2, 0.25) is 0 Å². The standard InChI is InChI=1S/C17H27NO2/c1-12-7-8-15(19)17-14(11-13(2)16(12)17)18-9-5-4-6-10-20-3/h7-8,13-14,18-19H,4-6,9-11H2,1-3H3. The molecule has 0 fully saturated rings. The van der Waals surface area contributed by atoms with Gasteiger partial charge in [0.15, 0.2) is 0 Å². The highest BCUT2D eigenvalue weighted by Crippen LogP contribution is 2.45. The first-order chi connectivity index (χ1) is 9.65. The van der Waals surface area contributed by atoms with Crippen LogP contribution in [0.1, 0.15) is 61.3 Å². The van der Waals surface area contributed by atoms with Crippen molar-refractivity contribution in [2.24, 2.45) is 0 Å². The molecule has 1 aromatic carbocycles. The van der Waals surface area contributed by atoms with Crippen LogP contribution in [-0.2, 0) is 4.74 Å². The topological polar surface area (TPSA) is 41.5 Å². The summed E-state index contributed by atoms with van der Waals surface area (Å²) in [6.07, 6.45) is 4.57. The van der Waals surface area contributed by atoms with Gasteiger partial charge in [-0.25, -0.2) is 0 Å². The molecule has 0 saturated heterocycles. The van der Waals surface area contributed by atoms with Crippen molar-refractivity contribution in [1.82, 2.24) is 5.32 Å². The first-order valence-electron chi connectivity index (χ1n) is 7.69. The SMILES string of the molecule is COCCCCCNC1CC(C)c2c(C)ccc(O)c21. The molecule has 2 N–H and O–H groups in total. The van der Waals surface area contributed by atoms with Crippen molar-refractivity contribution in [2.75, 3.05) is 20.3 Å². The van der Waals surface area contributed by atoms with Gasteiger partial charge in [0.25, 0.3) is 0 Å². The predicted octanol–water partition coefficient (Wildman–Crippen LogP) is 3.66. The molecule has 0 saturated carbocycles. The Hall–Kier alpha value is -1.06. The smallest absolute Gasteiger partial charge is 0.120 e. The summed E-state index contributed by atoms with van der Waals surface area (Å²) in [6, 6.07) is 4.17. The van der Waals surface area contributed by atoms with Crippen molar-refractivity contribution in [3.63, 3.8) is 0 Å². The number of rotatable bonds is 7. The van der Waals surface area contributed by atoms with E-state index in [1.165, 1.54) is 17.5 Å². The number of unbranched alkanes of at least 4 members (excludes halogenated alkanes) is 2. The lowest BCUT2D eigenvalue weighted by molar-refractivity contribution is 0.192. The second-order valence-electron chi connectivity index (χ2n) is 5.93. The van der Waals surface area contributed by atoms with Crippen LogP contribution in [0.15, 0.2) is 12.1 Å². The first kappa shape index (κ1) is 15.3. The number of nitrogens with one attached hydrogen (secondary N) is 1. The zero-order valence-corrected chi connectivity index (χ0v) is 12.9. The van der Waals surface area contributed by atoms with Crippen molar-refractivity contribution in [3.8, 4) is 5.75 Å². The first-order valence-corrected chi connectivity index (χ1v) is 7.69. The van der Waals surface area contributed by atoms with Crippen LogP contribution in [0, 0.1) is 6.92 Å². The molecule has 1 aromatic rings. The van der Waals surface area contributed by atoms with Crippen LogP contribution < -0.4 is 5.32 Å². The van der Waals surface area contributed by atoms with E-state index < -0.39 is 0 Å². The minimum atomic E-state index is 0.308. The Kier molecular flexibility index (Phi) is 5.44. The van der Waals surface area contributed by atoms with Gasteiger partial charge >= 0.3 is 0 Å². The highest BCUT2D eigenvalue weighted by molar-refractivity contribution is 5.50. The van der Waals surface area contributed by atoms with E-state index in [4.69, 9.17) is 4.74 Å². The lowest BCUT2D eigenvalue weighted by Crippen LogP contribution is -2.20. The van der Waals surface area contributed by atoms with E-state index in [1.54, 1.807) is 7.11 Å². The maximum atomic E-state index is 10.2. The summed E-state index contributed by atoms with van der Waals surface area (Å²) in [5.41, 5.74) is 3.78. The maximum absolute atomic E-state index is 10.2. The van der Waals surface area contributed by atoms with Crippen LogP contribution in [0.4, 0.5) is 0 Å². The van der Waals surface area contributed by atoms with Gasteiger partial charge in [0.1, 0.15) is 5.75 Å².